The number of benzene rings is 2. The van der Waals surface area contributed by atoms with E-state index < -0.39 is 11.6 Å². The average Bonchev–Trinajstić information content (AvgIpc) is 3.06. The van der Waals surface area contributed by atoms with Crippen molar-refractivity contribution in [1.82, 2.24) is 25.4 Å². The normalized spacial score (nSPS) is 18.3. The minimum atomic E-state index is -0.750. The fourth-order valence-corrected chi connectivity index (χ4v) is 7.11. The van der Waals surface area contributed by atoms with E-state index in [0.717, 1.165) is 43.8 Å². The lowest BCUT2D eigenvalue weighted by atomic mass is 9.81. The first-order chi connectivity index (χ1) is 21.5. The van der Waals surface area contributed by atoms with Gasteiger partial charge in [-0.3, -0.25) is 14.4 Å². The van der Waals surface area contributed by atoms with Crippen LogP contribution in [0, 0.1) is 0 Å². The summed E-state index contributed by atoms with van der Waals surface area (Å²) in [6.07, 6.45) is 6.80. The fraction of sp³-hybridized carbons (Fsp3) is 0.429. The molecule has 1 spiro atoms. The number of carbonyl (C=O) groups excluding carboxylic acids is 3. The molecule has 2 aromatic carbocycles. The lowest BCUT2D eigenvalue weighted by Crippen LogP contribution is -2.72. The Kier molecular flexibility index (Phi) is 11.1. The number of pyridine rings is 1. The highest BCUT2D eigenvalue weighted by atomic mass is 32.2. The number of unbranched alkanes of at least 4 members (excludes halogenated alkanes) is 1. The van der Waals surface area contributed by atoms with Crippen molar-refractivity contribution >= 4 is 29.5 Å². The van der Waals surface area contributed by atoms with Crippen LogP contribution in [0.4, 0.5) is 0 Å². The summed E-state index contributed by atoms with van der Waals surface area (Å²) in [6, 6.07) is 23.4. The number of aromatic nitrogens is 1. The third-order valence-electron chi connectivity index (χ3n) is 8.68. The SMILES string of the molecule is CCCN1C(=O)[C@H](CCCCNC(=O)c2cccnc2Sc2ccccc2)NC(=O)C12CCN(CCc1ccccc1)CC2. The molecule has 2 aliphatic heterocycles. The zero-order valence-electron chi connectivity index (χ0n) is 25.5. The van der Waals surface area contributed by atoms with Gasteiger partial charge in [-0.05, 0) is 74.8 Å². The summed E-state index contributed by atoms with van der Waals surface area (Å²) in [7, 11) is 0. The molecule has 1 aromatic heterocycles. The van der Waals surface area contributed by atoms with Crippen LogP contribution < -0.4 is 10.6 Å². The van der Waals surface area contributed by atoms with E-state index in [0.29, 0.717) is 49.4 Å². The van der Waals surface area contributed by atoms with E-state index in [9.17, 15) is 14.4 Å². The van der Waals surface area contributed by atoms with Gasteiger partial charge in [-0.1, -0.05) is 67.2 Å². The highest BCUT2D eigenvalue weighted by Crippen LogP contribution is 2.34. The van der Waals surface area contributed by atoms with Crippen LogP contribution in [0.15, 0.2) is 88.9 Å². The standard InChI is InChI=1S/C35H43N5O3S/c1-2-23-40-33(42)30(38-34(43)35(40)19-25-39(26-20-35)24-18-27-12-5-3-6-13-27)17-9-10-21-36-31(41)29-16-11-22-37-32(29)44-28-14-7-4-8-15-28/h3-8,11-16,22,30H,2,9-10,17-21,23-26H2,1H3,(H,36,41)(H,38,43)/t30-/m0/s1. The topological polar surface area (TPSA) is 94.6 Å². The van der Waals surface area contributed by atoms with Crippen molar-refractivity contribution in [2.75, 3.05) is 32.7 Å². The van der Waals surface area contributed by atoms with E-state index in [1.54, 1.807) is 18.3 Å². The molecule has 0 bridgehead atoms. The van der Waals surface area contributed by atoms with Crippen LogP contribution in [0.1, 0.15) is 61.4 Å². The van der Waals surface area contributed by atoms with Gasteiger partial charge in [-0.15, -0.1) is 0 Å². The Bertz CT molecular complexity index is 1400. The first kappa shape index (κ1) is 31.7. The van der Waals surface area contributed by atoms with E-state index >= 15 is 0 Å². The number of nitrogens with one attached hydrogen (secondary N) is 2. The number of hydrogen-bond acceptors (Lipinski definition) is 6. The molecule has 2 fully saturated rings. The molecule has 3 heterocycles. The maximum absolute atomic E-state index is 13.7. The number of amides is 3. The Balaban J connectivity index is 1.09. The number of likely N-dealkylation sites (tertiary alicyclic amines) is 1. The molecular weight excluding hydrogens is 570 g/mol. The maximum atomic E-state index is 13.7. The average molecular weight is 614 g/mol. The summed E-state index contributed by atoms with van der Waals surface area (Å²) in [5, 5.41) is 6.77. The smallest absolute Gasteiger partial charge is 0.254 e. The second-order valence-corrected chi connectivity index (χ2v) is 12.7. The lowest BCUT2D eigenvalue weighted by molar-refractivity contribution is -0.161. The highest BCUT2D eigenvalue weighted by Gasteiger charge is 2.53. The summed E-state index contributed by atoms with van der Waals surface area (Å²) in [4.78, 5) is 50.0. The Labute approximate surface area is 265 Å². The summed E-state index contributed by atoms with van der Waals surface area (Å²) < 4.78 is 0. The summed E-state index contributed by atoms with van der Waals surface area (Å²) in [5.41, 5.74) is 1.11. The molecule has 44 heavy (non-hydrogen) atoms. The van der Waals surface area contributed by atoms with Gasteiger partial charge in [0.05, 0.1) is 5.56 Å². The maximum Gasteiger partial charge on any atom is 0.254 e. The molecule has 3 amide bonds. The lowest BCUT2D eigenvalue weighted by Gasteiger charge is -2.51. The van der Waals surface area contributed by atoms with E-state index in [1.807, 2.05) is 41.3 Å². The molecule has 0 unspecified atom stereocenters. The zero-order chi connectivity index (χ0) is 30.8. The van der Waals surface area contributed by atoms with Crippen LogP contribution in [-0.2, 0) is 16.0 Å². The van der Waals surface area contributed by atoms with Gasteiger partial charge in [-0.25, -0.2) is 4.98 Å². The van der Waals surface area contributed by atoms with Gasteiger partial charge in [0, 0.05) is 43.8 Å². The van der Waals surface area contributed by atoms with Gasteiger partial charge in [-0.2, -0.15) is 0 Å². The molecule has 3 aromatic rings. The fourth-order valence-electron chi connectivity index (χ4n) is 6.21. The quantitative estimate of drug-likeness (QED) is 0.265. The van der Waals surface area contributed by atoms with Crippen molar-refractivity contribution in [3.63, 3.8) is 0 Å². The van der Waals surface area contributed by atoms with E-state index in [4.69, 9.17) is 0 Å². The third-order valence-corrected chi connectivity index (χ3v) is 9.70. The third kappa shape index (κ3) is 7.68. The minimum absolute atomic E-state index is 0.00779. The molecule has 8 nitrogen and oxygen atoms in total. The summed E-state index contributed by atoms with van der Waals surface area (Å²) in [6.45, 7) is 5.71. The molecule has 0 radical (unpaired) electrons. The number of piperidine rings is 1. The molecule has 2 aliphatic rings. The second kappa shape index (κ2) is 15.3. The number of carbonyl (C=O) groups is 3. The van der Waals surface area contributed by atoms with Crippen molar-refractivity contribution in [2.24, 2.45) is 0 Å². The molecule has 232 valence electrons. The molecule has 2 saturated heterocycles. The Morgan fingerprint density at radius 1 is 0.977 bits per heavy atom. The van der Waals surface area contributed by atoms with Crippen LogP contribution in [-0.4, -0.2) is 76.8 Å². The van der Waals surface area contributed by atoms with Gasteiger partial charge in [0.1, 0.15) is 16.6 Å². The molecule has 0 aliphatic carbocycles. The first-order valence-electron chi connectivity index (χ1n) is 15.8. The molecule has 5 rings (SSSR count). The van der Waals surface area contributed by atoms with Crippen molar-refractivity contribution < 1.29 is 14.4 Å². The van der Waals surface area contributed by atoms with E-state index in [1.165, 1.54) is 17.3 Å². The minimum Gasteiger partial charge on any atom is -0.352 e. The van der Waals surface area contributed by atoms with Crippen LogP contribution in [0.2, 0.25) is 0 Å². The highest BCUT2D eigenvalue weighted by molar-refractivity contribution is 7.99. The van der Waals surface area contributed by atoms with Crippen molar-refractivity contribution in [1.29, 1.82) is 0 Å². The van der Waals surface area contributed by atoms with Crippen molar-refractivity contribution in [3.05, 3.63) is 90.1 Å². The summed E-state index contributed by atoms with van der Waals surface area (Å²) >= 11 is 1.46. The molecule has 1 atom stereocenters. The summed E-state index contributed by atoms with van der Waals surface area (Å²) in [5.74, 6) is -0.137. The van der Waals surface area contributed by atoms with E-state index in [2.05, 4.69) is 51.7 Å². The molecule has 9 heteroatoms. The zero-order valence-corrected chi connectivity index (χ0v) is 26.4. The number of piperazine rings is 1. The monoisotopic (exact) mass is 613 g/mol. The predicted octanol–water partition coefficient (Wildman–Crippen LogP) is 4.95. The van der Waals surface area contributed by atoms with Gasteiger partial charge in [0.15, 0.2) is 0 Å². The van der Waals surface area contributed by atoms with Crippen molar-refractivity contribution in [3.8, 4) is 0 Å². The van der Waals surface area contributed by atoms with Crippen LogP contribution in [0.3, 0.4) is 0 Å². The van der Waals surface area contributed by atoms with Gasteiger partial charge < -0.3 is 20.4 Å². The molecule has 0 saturated carbocycles. The number of hydrogen-bond donors (Lipinski definition) is 2. The Morgan fingerprint density at radius 2 is 1.70 bits per heavy atom. The van der Waals surface area contributed by atoms with Crippen LogP contribution >= 0.6 is 11.8 Å². The molecule has 2 N–H and O–H groups in total. The van der Waals surface area contributed by atoms with Crippen molar-refractivity contribution in [2.45, 2.75) is 73.4 Å². The number of rotatable bonds is 13. The van der Waals surface area contributed by atoms with Crippen LogP contribution in [0.25, 0.3) is 0 Å². The first-order valence-corrected chi connectivity index (χ1v) is 16.7. The largest absolute Gasteiger partial charge is 0.352 e. The van der Waals surface area contributed by atoms with E-state index in [-0.39, 0.29) is 17.7 Å². The van der Waals surface area contributed by atoms with Gasteiger partial charge in [0.25, 0.3) is 5.91 Å². The Morgan fingerprint density at radius 3 is 2.43 bits per heavy atom. The predicted molar refractivity (Wildman–Crippen MR) is 173 cm³/mol. The molecular formula is C35H43N5O3S. The van der Waals surface area contributed by atoms with Gasteiger partial charge >= 0.3 is 0 Å². The second-order valence-electron chi connectivity index (χ2n) is 11.6. The Hall–Kier alpha value is -3.69. The van der Waals surface area contributed by atoms with Gasteiger partial charge in [0.2, 0.25) is 11.8 Å². The van der Waals surface area contributed by atoms with Crippen LogP contribution in [0.5, 0.6) is 0 Å². The number of nitrogens with zero attached hydrogens (tertiary/aromatic N) is 3.